The summed E-state index contributed by atoms with van der Waals surface area (Å²) in [6.07, 6.45) is 0.566. The van der Waals surface area contributed by atoms with E-state index in [9.17, 15) is 24.0 Å². The predicted molar refractivity (Wildman–Crippen MR) is 96.3 cm³/mol. The van der Waals surface area contributed by atoms with Crippen molar-refractivity contribution in [1.29, 1.82) is 0 Å². The van der Waals surface area contributed by atoms with Gasteiger partial charge in [-0.3, -0.25) is 19.2 Å². The predicted octanol–water partition coefficient (Wildman–Crippen LogP) is -4.52. The summed E-state index contributed by atoms with van der Waals surface area (Å²) in [4.78, 5) is 57.9. The lowest BCUT2D eigenvalue weighted by molar-refractivity contribution is -0.143. The van der Waals surface area contributed by atoms with Gasteiger partial charge in [-0.25, -0.2) is 4.79 Å². The smallest absolute Gasteiger partial charge is 0.326 e. The molecule has 0 rings (SSSR count). The van der Waals surface area contributed by atoms with Crippen LogP contribution in [0.1, 0.15) is 25.7 Å². The number of carboxylic acids is 1. The van der Waals surface area contributed by atoms with E-state index in [1.54, 1.807) is 0 Å². The van der Waals surface area contributed by atoms with E-state index < -0.39 is 67.3 Å². The summed E-state index contributed by atoms with van der Waals surface area (Å²) in [7, 11) is 0. The van der Waals surface area contributed by atoms with E-state index in [0.717, 1.165) is 0 Å². The Morgan fingerprint density at radius 3 is 2.11 bits per heavy atom. The third kappa shape index (κ3) is 10.4. The van der Waals surface area contributed by atoms with Crippen molar-refractivity contribution < 1.29 is 34.2 Å². The maximum Gasteiger partial charge on any atom is 0.326 e. The lowest BCUT2D eigenvalue weighted by Gasteiger charge is -2.21. The number of aliphatic carboxylic acids is 1. The van der Waals surface area contributed by atoms with Gasteiger partial charge in [0.25, 0.3) is 0 Å². The molecule has 0 spiro atoms. The lowest BCUT2D eigenvalue weighted by Crippen LogP contribution is -2.54. The zero-order chi connectivity index (χ0) is 21.7. The molecule has 3 unspecified atom stereocenters. The molecule has 0 aliphatic heterocycles. The van der Waals surface area contributed by atoms with Crippen LogP contribution in [0.5, 0.6) is 0 Å². The summed E-state index contributed by atoms with van der Waals surface area (Å²) >= 11 is 0. The van der Waals surface area contributed by atoms with Crippen molar-refractivity contribution in [3.05, 3.63) is 0 Å². The van der Waals surface area contributed by atoms with Gasteiger partial charge in [-0.1, -0.05) is 0 Å². The normalized spacial score (nSPS) is 13.7. The van der Waals surface area contributed by atoms with Crippen LogP contribution in [0, 0.1) is 0 Å². The molecule has 28 heavy (non-hydrogen) atoms. The van der Waals surface area contributed by atoms with Gasteiger partial charge in [-0.2, -0.15) is 0 Å². The van der Waals surface area contributed by atoms with Crippen molar-refractivity contribution in [3.8, 4) is 0 Å². The van der Waals surface area contributed by atoms with Crippen molar-refractivity contribution in [1.82, 2.24) is 16.0 Å². The van der Waals surface area contributed by atoms with Gasteiger partial charge >= 0.3 is 5.97 Å². The van der Waals surface area contributed by atoms with Crippen molar-refractivity contribution in [2.24, 2.45) is 17.2 Å². The second-order valence-corrected chi connectivity index (χ2v) is 5.98. The van der Waals surface area contributed by atoms with Crippen molar-refractivity contribution >= 4 is 29.6 Å². The van der Waals surface area contributed by atoms with Gasteiger partial charge < -0.3 is 43.4 Å². The Hall–Kier alpha value is -2.77. The zero-order valence-electron chi connectivity index (χ0n) is 15.3. The van der Waals surface area contributed by atoms with E-state index in [4.69, 9.17) is 27.4 Å². The number of unbranched alkanes of at least 4 members (excludes halogenated alkanes) is 1. The maximum atomic E-state index is 12.3. The molecule has 13 heteroatoms. The highest BCUT2D eigenvalue weighted by molar-refractivity contribution is 5.93. The fraction of sp³-hybridized carbons (Fsp3) is 0.667. The Kier molecular flexibility index (Phi) is 12.1. The molecule has 0 aromatic carbocycles. The second-order valence-electron chi connectivity index (χ2n) is 5.98. The molecular formula is C15H28N6O7. The molecule has 0 aromatic rings. The SMILES string of the molecule is NCCCCC(NC(=O)CNC(=O)C(N)CO)C(=O)NC(CC(N)=O)C(=O)O. The minimum Gasteiger partial charge on any atom is -0.480 e. The highest BCUT2D eigenvalue weighted by Gasteiger charge is 2.27. The third-order valence-corrected chi connectivity index (χ3v) is 3.58. The highest BCUT2D eigenvalue weighted by Crippen LogP contribution is 2.03. The van der Waals surface area contributed by atoms with Gasteiger partial charge in [-0.05, 0) is 25.8 Å². The minimum absolute atomic E-state index is 0.155. The Balaban J connectivity index is 4.92. The van der Waals surface area contributed by atoms with E-state index in [1.807, 2.05) is 0 Å². The number of aliphatic hydroxyl groups is 1. The first-order chi connectivity index (χ1) is 13.1. The Labute approximate surface area is 161 Å². The Morgan fingerprint density at radius 2 is 1.61 bits per heavy atom. The van der Waals surface area contributed by atoms with Crippen LogP contribution >= 0.6 is 0 Å². The van der Waals surface area contributed by atoms with Gasteiger partial charge in [0.1, 0.15) is 18.1 Å². The average molecular weight is 404 g/mol. The number of hydrogen-bond acceptors (Lipinski definition) is 8. The van der Waals surface area contributed by atoms with E-state index >= 15 is 0 Å². The van der Waals surface area contributed by atoms with Crippen LogP contribution in [-0.4, -0.2) is 77.6 Å². The first-order valence-electron chi connectivity index (χ1n) is 8.57. The maximum absolute atomic E-state index is 12.3. The molecule has 0 saturated heterocycles. The molecule has 0 radical (unpaired) electrons. The number of carboxylic acid groups (broad SMARTS) is 1. The third-order valence-electron chi connectivity index (χ3n) is 3.58. The number of amides is 4. The summed E-state index contributed by atoms with van der Waals surface area (Å²) < 4.78 is 0. The summed E-state index contributed by atoms with van der Waals surface area (Å²) in [5, 5.41) is 24.5. The monoisotopic (exact) mass is 404 g/mol. The van der Waals surface area contributed by atoms with Gasteiger partial charge in [-0.15, -0.1) is 0 Å². The van der Waals surface area contributed by atoms with E-state index in [0.29, 0.717) is 19.4 Å². The average Bonchev–Trinajstić information content (AvgIpc) is 2.63. The molecule has 4 amide bonds. The molecular weight excluding hydrogens is 376 g/mol. The van der Waals surface area contributed by atoms with Crippen LogP contribution in [0.4, 0.5) is 0 Å². The molecule has 0 fully saturated rings. The Bertz CT molecular complexity index is 571. The lowest BCUT2D eigenvalue weighted by atomic mass is 10.1. The van der Waals surface area contributed by atoms with Crippen LogP contribution in [0.2, 0.25) is 0 Å². The van der Waals surface area contributed by atoms with Crippen molar-refractivity contribution in [2.45, 2.75) is 43.8 Å². The molecule has 0 heterocycles. The van der Waals surface area contributed by atoms with E-state index in [1.165, 1.54) is 0 Å². The van der Waals surface area contributed by atoms with Crippen LogP contribution in [0.3, 0.4) is 0 Å². The first-order valence-corrected chi connectivity index (χ1v) is 8.57. The molecule has 0 aromatic heterocycles. The van der Waals surface area contributed by atoms with Gasteiger partial charge in [0.15, 0.2) is 0 Å². The second kappa shape index (κ2) is 13.4. The standard InChI is InChI=1S/C15H28N6O7/c16-4-2-1-3-9(14(26)21-10(15(27)28)5-11(18)23)20-12(24)6-19-13(25)8(17)7-22/h8-10,22H,1-7,16-17H2,(H2,18,23)(H,19,25)(H,20,24)(H,21,26)(H,27,28). The molecule has 13 nitrogen and oxygen atoms in total. The van der Waals surface area contributed by atoms with Gasteiger partial charge in [0, 0.05) is 0 Å². The summed E-state index contributed by atoms with van der Waals surface area (Å²) in [5.74, 6) is -4.68. The first kappa shape index (κ1) is 25.2. The number of nitrogens with two attached hydrogens (primary N) is 3. The van der Waals surface area contributed by atoms with Gasteiger partial charge in [0.05, 0.1) is 19.6 Å². The Morgan fingerprint density at radius 1 is 0.964 bits per heavy atom. The minimum atomic E-state index is -1.54. The number of aliphatic hydroxyl groups excluding tert-OH is 1. The van der Waals surface area contributed by atoms with Crippen molar-refractivity contribution in [3.63, 3.8) is 0 Å². The fourth-order valence-corrected chi connectivity index (χ4v) is 2.06. The summed E-state index contributed by atoms with van der Waals surface area (Å²) in [6, 6.07) is -3.85. The molecule has 0 aliphatic rings. The molecule has 0 bridgehead atoms. The highest BCUT2D eigenvalue weighted by atomic mass is 16.4. The van der Waals surface area contributed by atoms with Crippen LogP contribution in [-0.2, 0) is 24.0 Å². The fourth-order valence-electron chi connectivity index (χ4n) is 2.06. The zero-order valence-corrected chi connectivity index (χ0v) is 15.3. The summed E-state index contributed by atoms with van der Waals surface area (Å²) in [5.41, 5.74) is 15.6. The molecule has 0 aliphatic carbocycles. The molecule has 0 saturated carbocycles. The largest absolute Gasteiger partial charge is 0.480 e. The van der Waals surface area contributed by atoms with Crippen molar-refractivity contribution in [2.75, 3.05) is 19.7 Å². The number of rotatable bonds is 14. The molecule has 3 atom stereocenters. The quantitative estimate of drug-likeness (QED) is 0.130. The number of nitrogens with one attached hydrogen (secondary N) is 3. The molecule has 11 N–H and O–H groups in total. The van der Waals surface area contributed by atoms with Crippen LogP contribution in [0.25, 0.3) is 0 Å². The number of primary amides is 1. The van der Waals surface area contributed by atoms with Crippen LogP contribution in [0.15, 0.2) is 0 Å². The van der Waals surface area contributed by atoms with Gasteiger partial charge in [0.2, 0.25) is 23.6 Å². The van der Waals surface area contributed by atoms with Crippen LogP contribution < -0.4 is 33.2 Å². The molecule has 160 valence electrons. The van der Waals surface area contributed by atoms with E-state index in [-0.39, 0.29) is 6.42 Å². The number of carbonyl (C=O) groups excluding carboxylic acids is 4. The summed E-state index contributed by atoms with van der Waals surface area (Å²) in [6.45, 7) is -0.748. The number of hydrogen-bond donors (Lipinski definition) is 8. The van der Waals surface area contributed by atoms with E-state index in [2.05, 4.69) is 16.0 Å². The topological polar surface area (TPSA) is 240 Å². The number of carbonyl (C=O) groups is 5.